The van der Waals surface area contributed by atoms with Crippen molar-refractivity contribution in [3.8, 4) is 0 Å². The highest BCUT2D eigenvalue weighted by Gasteiger charge is 2.26. The molecule has 0 unspecified atom stereocenters. The van der Waals surface area contributed by atoms with Crippen molar-refractivity contribution in [2.75, 3.05) is 33.1 Å². The lowest BCUT2D eigenvalue weighted by molar-refractivity contribution is 0.0634. The van der Waals surface area contributed by atoms with Crippen molar-refractivity contribution in [3.05, 3.63) is 0 Å². The van der Waals surface area contributed by atoms with Gasteiger partial charge >= 0.3 is 0 Å². The van der Waals surface area contributed by atoms with Crippen molar-refractivity contribution in [2.24, 2.45) is 0 Å². The van der Waals surface area contributed by atoms with Crippen LogP contribution in [-0.2, 0) is 4.18 Å². The molecule has 0 spiro atoms. The predicted molar refractivity (Wildman–Crippen MR) is 45.4 cm³/mol. The molecule has 0 saturated carbocycles. The van der Waals surface area contributed by atoms with E-state index in [2.05, 4.69) is 5.32 Å². The molecule has 11 heavy (non-hydrogen) atoms. The summed E-state index contributed by atoms with van der Waals surface area (Å²) in [6.07, 6.45) is 1.79. The van der Waals surface area contributed by atoms with Gasteiger partial charge in [-0.15, -0.1) is 0 Å². The van der Waals surface area contributed by atoms with Gasteiger partial charge in [-0.05, 0) is 19.1 Å². The van der Waals surface area contributed by atoms with Crippen molar-refractivity contribution in [1.82, 2.24) is 5.32 Å². The van der Waals surface area contributed by atoms with Crippen molar-refractivity contribution in [3.63, 3.8) is 0 Å². The second kappa shape index (κ2) is 5.79. The summed E-state index contributed by atoms with van der Waals surface area (Å²) in [4.78, 5) is 0. The summed E-state index contributed by atoms with van der Waals surface area (Å²) in [6, 6.07) is 0. The first-order chi connectivity index (χ1) is 5.24. The Bertz CT molecular complexity index is 89.6. The van der Waals surface area contributed by atoms with Crippen LogP contribution in [-0.4, -0.2) is 48.9 Å². The van der Waals surface area contributed by atoms with E-state index in [0.29, 0.717) is 0 Å². The molecule has 0 heterocycles. The maximum Gasteiger partial charge on any atom is 0.0894 e. The molecule has 0 aliphatic heterocycles. The Morgan fingerprint density at radius 2 is 2.00 bits per heavy atom. The molecule has 0 aromatic heterocycles. The second-order valence-electron chi connectivity index (χ2n) is 2.28. The van der Waals surface area contributed by atoms with Crippen LogP contribution < -0.4 is 5.32 Å². The molecule has 3 N–H and O–H groups in total. The number of nitrogens with one attached hydrogen (secondary N) is 1. The Kier molecular flexibility index (Phi) is 5.89. The van der Waals surface area contributed by atoms with E-state index in [0.717, 1.165) is 0 Å². The van der Waals surface area contributed by atoms with E-state index < -0.39 is 5.54 Å². The van der Waals surface area contributed by atoms with Crippen LogP contribution in [0.25, 0.3) is 0 Å². The minimum atomic E-state index is -0.705. The highest BCUT2D eigenvalue weighted by molar-refractivity contribution is 7.93. The fraction of sp³-hybridized carbons (Fsp3) is 1.00. The van der Waals surface area contributed by atoms with Gasteiger partial charge in [0, 0.05) is 6.26 Å². The molecule has 0 radical (unpaired) electrons. The summed E-state index contributed by atoms with van der Waals surface area (Å²) in [5, 5.41) is 20.6. The topological polar surface area (TPSA) is 61.7 Å². The molecule has 0 bridgehead atoms. The normalized spacial score (nSPS) is 12.0. The average molecular weight is 181 g/mol. The molecular weight excluding hydrogens is 166 g/mol. The minimum absolute atomic E-state index is 0.138. The zero-order chi connectivity index (χ0) is 8.74. The molecule has 0 aliphatic carbocycles. The lowest BCUT2D eigenvalue weighted by Gasteiger charge is -2.27. The van der Waals surface area contributed by atoms with Crippen LogP contribution in [0.2, 0.25) is 0 Å². The van der Waals surface area contributed by atoms with Crippen molar-refractivity contribution >= 4 is 12.0 Å². The molecule has 0 saturated heterocycles. The van der Waals surface area contributed by atoms with Crippen LogP contribution >= 0.6 is 12.0 Å². The average Bonchev–Trinajstić information content (AvgIpc) is 2.08. The van der Waals surface area contributed by atoms with Gasteiger partial charge in [-0.2, -0.15) is 0 Å². The standard InChI is InChI=1S/C6H15NO3S/c1-7-6(3-8,4-9)5-10-11-2/h7-9H,3-5H2,1-2H3. The Balaban J connectivity index is 3.84. The third-order valence-electron chi connectivity index (χ3n) is 1.59. The van der Waals surface area contributed by atoms with E-state index in [9.17, 15) is 0 Å². The fourth-order valence-corrected chi connectivity index (χ4v) is 0.887. The summed E-state index contributed by atoms with van der Waals surface area (Å²) < 4.78 is 5.01. The Hall–Kier alpha value is 0.190. The van der Waals surface area contributed by atoms with E-state index in [1.807, 2.05) is 0 Å². The van der Waals surface area contributed by atoms with Crippen molar-refractivity contribution in [2.45, 2.75) is 5.54 Å². The van der Waals surface area contributed by atoms with E-state index in [-0.39, 0.29) is 19.8 Å². The lowest BCUT2D eigenvalue weighted by Crippen LogP contribution is -2.53. The maximum atomic E-state index is 8.89. The van der Waals surface area contributed by atoms with Crippen LogP contribution in [0.15, 0.2) is 0 Å². The van der Waals surface area contributed by atoms with Crippen LogP contribution in [0.5, 0.6) is 0 Å². The Labute approximate surface area is 71.1 Å². The van der Waals surface area contributed by atoms with E-state index >= 15 is 0 Å². The largest absolute Gasteiger partial charge is 0.394 e. The lowest BCUT2D eigenvalue weighted by atomic mass is 10.0. The van der Waals surface area contributed by atoms with Crippen LogP contribution in [0, 0.1) is 0 Å². The van der Waals surface area contributed by atoms with Gasteiger partial charge in [0.2, 0.25) is 0 Å². The third-order valence-corrected chi connectivity index (χ3v) is 1.94. The van der Waals surface area contributed by atoms with Crippen LogP contribution in [0.3, 0.4) is 0 Å². The monoisotopic (exact) mass is 181 g/mol. The number of aliphatic hydroxyl groups is 2. The van der Waals surface area contributed by atoms with Gasteiger partial charge < -0.3 is 19.7 Å². The van der Waals surface area contributed by atoms with Gasteiger partial charge in [0.05, 0.1) is 25.4 Å². The summed E-state index contributed by atoms with van der Waals surface area (Å²) in [7, 11) is 1.68. The fourth-order valence-electron chi connectivity index (χ4n) is 0.543. The summed E-state index contributed by atoms with van der Waals surface area (Å²) in [5.41, 5.74) is -0.705. The van der Waals surface area contributed by atoms with Gasteiger partial charge in [-0.1, -0.05) is 0 Å². The zero-order valence-corrected chi connectivity index (χ0v) is 7.65. The van der Waals surface area contributed by atoms with Gasteiger partial charge in [-0.25, -0.2) is 0 Å². The second-order valence-corrected chi connectivity index (χ2v) is 2.84. The number of likely N-dealkylation sites (N-methyl/N-ethyl adjacent to an activating group) is 1. The molecule has 0 fully saturated rings. The van der Waals surface area contributed by atoms with Gasteiger partial charge in [0.1, 0.15) is 0 Å². The Morgan fingerprint density at radius 1 is 1.45 bits per heavy atom. The SMILES string of the molecule is CNC(CO)(CO)COSC. The van der Waals surface area contributed by atoms with Crippen LogP contribution in [0.1, 0.15) is 0 Å². The summed E-state index contributed by atoms with van der Waals surface area (Å²) in [6.45, 7) is 0.0127. The molecule has 0 rings (SSSR count). The third kappa shape index (κ3) is 3.39. The van der Waals surface area contributed by atoms with Crippen LogP contribution in [0.4, 0.5) is 0 Å². The number of hydrogen-bond donors (Lipinski definition) is 3. The first kappa shape index (κ1) is 11.2. The zero-order valence-electron chi connectivity index (χ0n) is 6.83. The van der Waals surface area contributed by atoms with E-state index in [4.69, 9.17) is 14.4 Å². The first-order valence-corrected chi connectivity index (χ1v) is 4.46. The molecule has 0 atom stereocenters. The molecule has 4 nitrogen and oxygen atoms in total. The molecule has 5 heteroatoms. The molecule has 0 aromatic carbocycles. The van der Waals surface area contributed by atoms with Gasteiger partial charge in [-0.3, -0.25) is 0 Å². The van der Waals surface area contributed by atoms with Crippen molar-refractivity contribution < 1.29 is 14.4 Å². The Morgan fingerprint density at radius 3 is 2.27 bits per heavy atom. The molecular formula is C6H15NO3S. The summed E-state index contributed by atoms with van der Waals surface area (Å²) in [5.74, 6) is 0. The van der Waals surface area contributed by atoms with E-state index in [1.165, 1.54) is 12.0 Å². The molecule has 0 amide bonds. The smallest absolute Gasteiger partial charge is 0.0894 e. The maximum absolute atomic E-state index is 8.89. The van der Waals surface area contributed by atoms with Gasteiger partial charge in [0.25, 0.3) is 0 Å². The predicted octanol–water partition coefficient (Wildman–Crippen LogP) is -0.776. The highest BCUT2D eigenvalue weighted by Crippen LogP contribution is 2.06. The molecule has 0 aliphatic rings. The van der Waals surface area contributed by atoms with Crippen molar-refractivity contribution in [1.29, 1.82) is 0 Å². The van der Waals surface area contributed by atoms with Gasteiger partial charge in [0.15, 0.2) is 0 Å². The highest BCUT2D eigenvalue weighted by atomic mass is 32.2. The molecule has 0 aromatic rings. The number of hydrogen-bond acceptors (Lipinski definition) is 5. The number of aliphatic hydroxyl groups excluding tert-OH is 2. The quantitative estimate of drug-likeness (QED) is 0.469. The molecule has 68 valence electrons. The minimum Gasteiger partial charge on any atom is -0.394 e. The number of rotatable bonds is 6. The first-order valence-electron chi connectivity index (χ1n) is 3.31. The van der Waals surface area contributed by atoms with E-state index in [1.54, 1.807) is 13.3 Å². The summed E-state index contributed by atoms with van der Waals surface area (Å²) >= 11 is 1.21.